The fourth-order valence-electron chi connectivity index (χ4n) is 2.06. The van der Waals surface area contributed by atoms with Gasteiger partial charge in [0.1, 0.15) is 5.75 Å². The highest BCUT2D eigenvalue weighted by atomic mass is 32.2. The van der Waals surface area contributed by atoms with Crippen LogP contribution >= 0.6 is 0 Å². The molecular weight excluding hydrogens is 280 g/mol. The van der Waals surface area contributed by atoms with Crippen LogP contribution in [-0.2, 0) is 9.84 Å². The minimum absolute atomic E-state index is 0.0176. The van der Waals surface area contributed by atoms with Crippen molar-refractivity contribution in [3.8, 4) is 5.75 Å². The standard InChI is InChI=1S/C13H18N2O4S/c1-2-19-12-5-3-10(4-6-12)14-13(16)15-11-7-8-20(17,18)9-11/h3-6,11H,2,7-9H2,1H3,(H2,14,15,16)/t11-/m0/s1. The molecule has 1 aromatic rings. The molecule has 0 saturated carbocycles. The van der Waals surface area contributed by atoms with Gasteiger partial charge in [0.05, 0.1) is 18.1 Å². The van der Waals surface area contributed by atoms with Crippen LogP contribution in [0.3, 0.4) is 0 Å². The number of amides is 2. The molecule has 1 atom stereocenters. The van der Waals surface area contributed by atoms with Crippen LogP contribution in [0.15, 0.2) is 24.3 Å². The number of sulfone groups is 1. The molecule has 1 fully saturated rings. The minimum Gasteiger partial charge on any atom is -0.494 e. The van der Waals surface area contributed by atoms with E-state index in [9.17, 15) is 13.2 Å². The molecule has 2 N–H and O–H groups in total. The largest absolute Gasteiger partial charge is 0.494 e. The molecule has 110 valence electrons. The zero-order valence-electron chi connectivity index (χ0n) is 11.3. The molecule has 2 rings (SSSR count). The Labute approximate surface area is 118 Å². The van der Waals surface area contributed by atoms with Gasteiger partial charge >= 0.3 is 6.03 Å². The van der Waals surface area contributed by atoms with Gasteiger partial charge in [0.25, 0.3) is 0 Å². The number of rotatable bonds is 4. The van der Waals surface area contributed by atoms with Gasteiger partial charge in [0.2, 0.25) is 0 Å². The van der Waals surface area contributed by atoms with Crippen molar-refractivity contribution in [3.63, 3.8) is 0 Å². The third kappa shape index (κ3) is 4.12. The normalized spacial score (nSPS) is 20.4. The maximum Gasteiger partial charge on any atom is 0.319 e. The second kappa shape index (κ2) is 6.13. The third-order valence-electron chi connectivity index (χ3n) is 2.99. The first kappa shape index (κ1) is 14.6. The summed E-state index contributed by atoms with van der Waals surface area (Å²) < 4.78 is 27.9. The SMILES string of the molecule is CCOc1ccc(NC(=O)N[C@H]2CCS(=O)(=O)C2)cc1. The van der Waals surface area contributed by atoms with Gasteiger partial charge in [0.15, 0.2) is 9.84 Å². The van der Waals surface area contributed by atoms with Crippen molar-refractivity contribution in [1.29, 1.82) is 0 Å². The highest BCUT2D eigenvalue weighted by molar-refractivity contribution is 7.91. The van der Waals surface area contributed by atoms with E-state index in [1.165, 1.54) is 0 Å². The third-order valence-corrected chi connectivity index (χ3v) is 4.76. The average molecular weight is 298 g/mol. The van der Waals surface area contributed by atoms with Gasteiger partial charge in [-0.25, -0.2) is 13.2 Å². The van der Waals surface area contributed by atoms with Crippen molar-refractivity contribution < 1.29 is 17.9 Å². The highest BCUT2D eigenvalue weighted by Gasteiger charge is 2.28. The van der Waals surface area contributed by atoms with E-state index in [1.807, 2.05) is 6.92 Å². The van der Waals surface area contributed by atoms with E-state index in [0.29, 0.717) is 18.7 Å². The molecule has 0 aromatic heterocycles. The predicted molar refractivity (Wildman–Crippen MR) is 76.8 cm³/mol. The van der Waals surface area contributed by atoms with Crippen LogP contribution in [0.1, 0.15) is 13.3 Å². The lowest BCUT2D eigenvalue weighted by atomic mass is 10.3. The van der Waals surface area contributed by atoms with Crippen LogP contribution in [0.2, 0.25) is 0 Å². The summed E-state index contributed by atoms with van der Waals surface area (Å²) in [6.45, 7) is 2.48. The average Bonchev–Trinajstić information content (AvgIpc) is 2.71. The quantitative estimate of drug-likeness (QED) is 0.880. The number of ether oxygens (including phenoxy) is 1. The van der Waals surface area contributed by atoms with Crippen molar-refractivity contribution in [3.05, 3.63) is 24.3 Å². The van der Waals surface area contributed by atoms with Crippen LogP contribution in [0.4, 0.5) is 10.5 Å². The lowest BCUT2D eigenvalue weighted by Crippen LogP contribution is -2.38. The smallest absolute Gasteiger partial charge is 0.319 e. The number of benzene rings is 1. The number of hydrogen-bond acceptors (Lipinski definition) is 4. The van der Waals surface area contributed by atoms with Crippen molar-refractivity contribution in [2.75, 3.05) is 23.4 Å². The second-order valence-corrected chi connectivity index (χ2v) is 6.88. The summed E-state index contributed by atoms with van der Waals surface area (Å²) in [6, 6.07) is 6.29. The Kier molecular flexibility index (Phi) is 4.49. The number of carbonyl (C=O) groups excluding carboxylic acids is 1. The maximum atomic E-state index is 11.7. The lowest BCUT2D eigenvalue weighted by Gasteiger charge is -2.12. The maximum absolute atomic E-state index is 11.7. The van der Waals surface area contributed by atoms with E-state index in [1.54, 1.807) is 24.3 Å². The first-order valence-corrected chi connectivity index (χ1v) is 8.31. The Balaban J connectivity index is 1.85. The number of hydrogen-bond donors (Lipinski definition) is 2. The van der Waals surface area contributed by atoms with Crippen LogP contribution in [-0.4, -0.2) is 38.6 Å². The molecule has 2 amide bonds. The van der Waals surface area contributed by atoms with E-state index in [2.05, 4.69) is 10.6 Å². The zero-order chi connectivity index (χ0) is 14.6. The Morgan fingerprint density at radius 3 is 2.60 bits per heavy atom. The molecule has 0 bridgehead atoms. The van der Waals surface area contributed by atoms with Crippen LogP contribution in [0.5, 0.6) is 5.75 Å². The second-order valence-electron chi connectivity index (χ2n) is 4.66. The molecule has 1 heterocycles. The lowest BCUT2D eigenvalue weighted by molar-refractivity contribution is 0.249. The fraction of sp³-hybridized carbons (Fsp3) is 0.462. The molecule has 1 saturated heterocycles. The zero-order valence-corrected chi connectivity index (χ0v) is 12.1. The van der Waals surface area contributed by atoms with Gasteiger partial charge < -0.3 is 15.4 Å². The van der Waals surface area contributed by atoms with Crippen molar-refractivity contribution in [1.82, 2.24) is 5.32 Å². The van der Waals surface area contributed by atoms with Crippen molar-refractivity contribution >= 4 is 21.6 Å². The molecule has 0 unspecified atom stereocenters. The molecule has 0 spiro atoms. The van der Waals surface area contributed by atoms with E-state index < -0.39 is 15.9 Å². The van der Waals surface area contributed by atoms with Crippen LogP contribution in [0.25, 0.3) is 0 Å². The summed E-state index contributed by atoms with van der Waals surface area (Å²) in [5.41, 5.74) is 0.631. The Morgan fingerprint density at radius 2 is 2.05 bits per heavy atom. The first-order chi connectivity index (χ1) is 9.48. The van der Waals surface area contributed by atoms with E-state index in [0.717, 1.165) is 5.75 Å². The summed E-state index contributed by atoms with van der Waals surface area (Å²) in [5, 5.41) is 5.33. The molecule has 1 aliphatic rings. The van der Waals surface area contributed by atoms with Crippen LogP contribution in [0, 0.1) is 0 Å². The molecule has 7 heteroatoms. The highest BCUT2D eigenvalue weighted by Crippen LogP contribution is 2.16. The number of carbonyl (C=O) groups is 1. The fourth-order valence-corrected chi connectivity index (χ4v) is 3.74. The first-order valence-electron chi connectivity index (χ1n) is 6.49. The van der Waals surface area contributed by atoms with Gasteiger partial charge in [-0.05, 0) is 37.6 Å². The van der Waals surface area contributed by atoms with E-state index in [4.69, 9.17) is 4.74 Å². The Morgan fingerprint density at radius 1 is 1.35 bits per heavy atom. The number of urea groups is 1. The van der Waals surface area contributed by atoms with E-state index in [-0.39, 0.29) is 17.5 Å². The van der Waals surface area contributed by atoms with Crippen molar-refractivity contribution in [2.24, 2.45) is 0 Å². The molecule has 0 aliphatic carbocycles. The Hall–Kier alpha value is -1.76. The molecular formula is C13H18N2O4S. The molecule has 20 heavy (non-hydrogen) atoms. The van der Waals surface area contributed by atoms with Crippen molar-refractivity contribution in [2.45, 2.75) is 19.4 Å². The summed E-state index contributed by atoms with van der Waals surface area (Å²) >= 11 is 0. The number of nitrogens with one attached hydrogen (secondary N) is 2. The summed E-state index contributed by atoms with van der Waals surface area (Å²) in [5.74, 6) is 0.894. The predicted octanol–water partition coefficient (Wildman–Crippen LogP) is 1.39. The van der Waals surface area contributed by atoms with Gasteiger partial charge in [0, 0.05) is 11.7 Å². The molecule has 1 aliphatic heterocycles. The molecule has 1 aromatic carbocycles. The number of anilines is 1. The van der Waals surface area contributed by atoms with Crippen LogP contribution < -0.4 is 15.4 Å². The topological polar surface area (TPSA) is 84.5 Å². The molecule has 6 nitrogen and oxygen atoms in total. The van der Waals surface area contributed by atoms with Gasteiger partial charge in [-0.3, -0.25) is 0 Å². The Bertz CT molecular complexity index is 569. The van der Waals surface area contributed by atoms with E-state index >= 15 is 0 Å². The summed E-state index contributed by atoms with van der Waals surface area (Å²) in [6.07, 6.45) is 0.471. The monoisotopic (exact) mass is 298 g/mol. The van der Waals surface area contributed by atoms with Gasteiger partial charge in [-0.2, -0.15) is 0 Å². The molecule has 0 radical (unpaired) electrons. The van der Waals surface area contributed by atoms with Gasteiger partial charge in [-0.1, -0.05) is 0 Å². The minimum atomic E-state index is -2.98. The van der Waals surface area contributed by atoms with Gasteiger partial charge in [-0.15, -0.1) is 0 Å². The summed E-state index contributed by atoms with van der Waals surface area (Å²) in [4.78, 5) is 11.7. The summed E-state index contributed by atoms with van der Waals surface area (Å²) in [7, 11) is -2.98.